The summed E-state index contributed by atoms with van der Waals surface area (Å²) in [5.74, 6) is 1.41. The van der Waals surface area contributed by atoms with Gasteiger partial charge < -0.3 is 4.74 Å². The van der Waals surface area contributed by atoms with Gasteiger partial charge in [-0.25, -0.2) is 4.98 Å². The van der Waals surface area contributed by atoms with E-state index in [0.717, 1.165) is 29.1 Å². The molecule has 0 N–H and O–H groups in total. The van der Waals surface area contributed by atoms with Gasteiger partial charge in [0, 0.05) is 24.4 Å². The molecule has 0 unspecified atom stereocenters. The molecular formula is C17H16N2O. The second-order valence-corrected chi connectivity index (χ2v) is 4.84. The number of benzene rings is 1. The van der Waals surface area contributed by atoms with E-state index in [1.165, 1.54) is 5.56 Å². The van der Waals surface area contributed by atoms with Crippen LogP contribution in [0.5, 0.6) is 11.6 Å². The van der Waals surface area contributed by atoms with Crippen molar-refractivity contribution in [2.75, 3.05) is 0 Å². The monoisotopic (exact) mass is 264 g/mol. The Balaban J connectivity index is 1.76. The molecule has 0 bridgehead atoms. The zero-order valence-electron chi connectivity index (χ0n) is 11.6. The van der Waals surface area contributed by atoms with Crippen LogP contribution >= 0.6 is 0 Å². The number of allylic oxidation sites excluding steroid dienone is 1. The van der Waals surface area contributed by atoms with Gasteiger partial charge >= 0.3 is 0 Å². The molecule has 3 rings (SSSR count). The van der Waals surface area contributed by atoms with Crippen molar-refractivity contribution >= 4 is 5.71 Å². The van der Waals surface area contributed by atoms with E-state index in [9.17, 15) is 0 Å². The van der Waals surface area contributed by atoms with Crippen molar-refractivity contribution in [3.63, 3.8) is 0 Å². The third-order valence-electron chi connectivity index (χ3n) is 3.38. The van der Waals surface area contributed by atoms with Crippen LogP contribution in [0.15, 0.2) is 53.7 Å². The molecule has 0 aliphatic carbocycles. The number of hydrogen-bond donors (Lipinski definition) is 0. The van der Waals surface area contributed by atoms with Crippen molar-refractivity contribution in [2.45, 2.75) is 20.3 Å². The van der Waals surface area contributed by atoms with Gasteiger partial charge in [-0.05, 0) is 49.2 Å². The zero-order valence-corrected chi connectivity index (χ0v) is 11.6. The number of aliphatic imine (C=N–C) groups is 1. The summed E-state index contributed by atoms with van der Waals surface area (Å²) in [6, 6.07) is 11.9. The fourth-order valence-corrected chi connectivity index (χ4v) is 2.05. The van der Waals surface area contributed by atoms with Crippen LogP contribution < -0.4 is 4.74 Å². The fourth-order valence-electron chi connectivity index (χ4n) is 2.05. The number of nitrogens with zero attached hydrogens (tertiary/aromatic N) is 2. The minimum atomic E-state index is 0.626. The Morgan fingerprint density at radius 1 is 1.00 bits per heavy atom. The maximum absolute atomic E-state index is 5.77. The normalized spacial score (nSPS) is 13.4. The maximum atomic E-state index is 5.77. The van der Waals surface area contributed by atoms with E-state index >= 15 is 0 Å². The van der Waals surface area contributed by atoms with E-state index in [0.29, 0.717) is 5.88 Å². The van der Waals surface area contributed by atoms with E-state index in [-0.39, 0.29) is 0 Å². The number of ether oxygens (including phenoxy) is 1. The van der Waals surface area contributed by atoms with Crippen molar-refractivity contribution in [1.82, 2.24) is 4.98 Å². The summed E-state index contributed by atoms with van der Waals surface area (Å²) in [7, 11) is 0. The van der Waals surface area contributed by atoms with Gasteiger partial charge in [0.15, 0.2) is 0 Å². The van der Waals surface area contributed by atoms with E-state index < -0.39 is 0 Å². The molecule has 0 atom stereocenters. The number of pyridine rings is 1. The highest BCUT2D eigenvalue weighted by Crippen LogP contribution is 2.22. The summed E-state index contributed by atoms with van der Waals surface area (Å²) in [6.45, 7) is 4.02. The van der Waals surface area contributed by atoms with E-state index in [1.54, 1.807) is 0 Å². The van der Waals surface area contributed by atoms with E-state index in [2.05, 4.69) is 16.1 Å². The molecule has 1 aliphatic heterocycles. The van der Waals surface area contributed by atoms with E-state index in [4.69, 9.17) is 4.74 Å². The van der Waals surface area contributed by atoms with Gasteiger partial charge in [-0.3, -0.25) is 4.99 Å². The Hall–Kier alpha value is -2.42. The fraction of sp³-hybridized carbons (Fsp3) is 0.176. The first-order chi connectivity index (χ1) is 9.72. The second kappa shape index (κ2) is 5.29. The third kappa shape index (κ3) is 2.62. The summed E-state index contributed by atoms with van der Waals surface area (Å²) in [5, 5.41) is 0. The third-order valence-corrected chi connectivity index (χ3v) is 3.38. The predicted octanol–water partition coefficient (Wildman–Crippen LogP) is 4.20. The molecule has 1 aromatic carbocycles. The lowest BCUT2D eigenvalue weighted by molar-refractivity contribution is 0.461. The van der Waals surface area contributed by atoms with Crippen molar-refractivity contribution in [3.8, 4) is 11.6 Å². The van der Waals surface area contributed by atoms with Crippen LogP contribution in [-0.2, 0) is 0 Å². The Kier molecular flexibility index (Phi) is 3.33. The van der Waals surface area contributed by atoms with Crippen molar-refractivity contribution in [3.05, 3.63) is 65.5 Å². The van der Waals surface area contributed by atoms with Crippen LogP contribution in [0.3, 0.4) is 0 Å². The molecule has 0 saturated carbocycles. The average Bonchev–Trinajstić information content (AvgIpc) is 2.98. The topological polar surface area (TPSA) is 34.5 Å². The Labute approximate surface area is 118 Å². The highest BCUT2D eigenvalue weighted by molar-refractivity contribution is 6.03. The molecule has 1 aliphatic rings. The molecule has 0 radical (unpaired) electrons. The van der Waals surface area contributed by atoms with Crippen LogP contribution in [0.1, 0.15) is 23.2 Å². The maximum Gasteiger partial charge on any atom is 0.219 e. The number of aryl methyl sites for hydroxylation is 2. The number of rotatable bonds is 3. The molecule has 20 heavy (non-hydrogen) atoms. The van der Waals surface area contributed by atoms with Crippen LogP contribution in [-0.4, -0.2) is 10.7 Å². The van der Waals surface area contributed by atoms with Crippen molar-refractivity contribution < 1.29 is 4.74 Å². The van der Waals surface area contributed by atoms with Gasteiger partial charge in [0.1, 0.15) is 5.75 Å². The summed E-state index contributed by atoms with van der Waals surface area (Å²) < 4.78 is 5.77. The number of aromatic nitrogens is 1. The molecule has 0 saturated heterocycles. The van der Waals surface area contributed by atoms with E-state index in [1.807, 2.05) is 56.4 Å². The lowest BCUT2D eigenvalue weighted by Crippen LogP contribution is -1.96. The smallest absolute Gasteiger partial charge is 0.219 e. The second-order valence-electron chi connectivity index (χ2n) is 4.84. The van der Waals surface area contributed by atoms with Crippen LogP contribution in [0.2, 0.25) is 0 Å². The first kappa shape index (κ1) is 12.6. The first-order valence-electron chi connectivity index (χ1n) is 6.66. The largest absolute Gasteiger partial charge is 0.439 e. The van der Waals surface area contributed by atoms with Gasteiger partial charge in [0.25, 0.3) is 0 Å². The Morgan fingerprint density at radius 3 is 2.45 bits per heavy atom. The molecule has 0 fully saturated rings. The number of hydrogen-bond acceptors (Lipinski definition) is 3. The summed E-state index contributed by atoms with van der Waals surface area (Å²) in [6.07, 6.45) is 4.80. The highest BCUT2D eigenvalue weighted by atomic mass is 16.5. The van der Waals surface area contributed by atoms with Gasteiger partial charge in [0.05, 0.1) is 5.71 Å². The molecule has 1 aromatic heterocycles. The Morgan fingerprint density at radius 2 is 1.80 bits per heavy atom. The van der Waals surface area contributed by atoms with Crippen LogP contribution in [0, 0.1) is 13.8 Å². The minimum Gasteiger partial charge on any atom is -0.439 e. The van der Waals surface area contributed by atoms with Crippen molar-refractivity contribution in [2.24, 2.45) is 4.99 Å². The molecule has 100 valence electrons. The van der Waals surface area contributed by atoms with Gasteiger partial charge in [-0.15, -0.1) is 0 Å². The summed E-state index contributed by atoms with van der Waals surface area (Å²) in [5.41, 5.74) is 4.39. The van der Waals surface area contributed by atoms with Crippen molar-refractivity contribution in [1.29, 1.82) is 0 Å². The minimum absolute atomic E-state index is 0.626. The van der Waals surface area contributed by atoms with Gasteiger partial charge in [-0.2, -0.15) is 0 Å². The van der Waals surface area contributed by atoms with Crippen LogP contribution in [0.4, 0.5) is 0 Å². The molecule has 2 heterocycles. The van der Waals surface area contributed by atoms with Crippen LogP contribution in [0.25, 0.3) is 0 Å². The lowest BCUT2D eigenvalue weighted by Gasteiger charge is -2.07. The summed E-state index contributed by atoms with van der Waals surface area (Å²) >= 11 is 0. The molecule has 0 amide bonds. The van der Waals surface area contributed by atoms with Gasteiger partial charge in [-0.1, -0.05) is 12.1 Å². The quantitative estimate of drug-likeness (QED) is 0.832. The molecule has 3 nitrogen and oxygen atoms in total. The SMILES string of the molecule is Cc1ccc(Oc2ccc(C3=NC=CC3)cc2)nc1C. The highest BCUT2D eigenvalue weighted by Gasteiger charge is 2.06. The molecule has 2 aromatic rings. The first-order valence-corrected chi connectivity index (χ1v) is 6.66. The molecule has 0 spiro atoms. The standard InChI is InChI=1S/C17H16N2O/c1-12-5-10-17(19-13(12)2)20-15-8-6-14(7-9-15)16-4-3-11-18-16/h3,5-11H,4H2,1-2H3. The zero-order chi connectivity index (χ0) is 13.9. The average molecular weight is 264 g/mol. The Bertz CT molecular complexity index is 685. The molecule has 3 heteroatoms. The summed E-state index contributed by atoms with van der Waals surface area (Å²) in [4.78, 5) is 8.74. The van der Waals surface area contributed by atoms with Gasteiger partial charge in [0.2, 0.25) is 5.88 Å². The lowest BCUT2D eigenvalue weighted by atomic mass is 10.1. The molecular weight excluding hydrogens is 248 g/mol. The predicted molar refractivity (Wildman–Crippen MR) is 80.5 cm³/mol.